The number of allylic oxidation sites excluding steroid dienone is 5. The third-order valence-corrected chi connectivity index (χ3v) is 2.08. The van der Waals surface area contributed by atoms with Gasteiger partial charge < -0.3 is 10.1 Å². The van der Waals surface area contributed by atoms with Crippen LogP contribution in [0.15, 0.2) is 35.2 Å². The van der Waals surface area contributed by atoms with Crippen molar-refractivity contribution in [1.82, 2.24) is 0 Å². The number of nitriles is 1. The average molecular weight is 234 g/mol. The van der Waals surface area contributed by atoms with Crippen molar-refractivity contribution in [3.63, 3.8) is 0 Å². The smallest absolute Gasteiger partial charge is 0.368 e. The standard InChI is InChI=1S/C12H11FN2O2/c1-2-17-12(16)11(13)10(7-14)8-3-5-9(15)6-4-8/h3-5,15H,2,6H2,1H3. The Labute approximate surface area is 98.2 Å². The van der Waals surface area contributed by atoms with Gasteiger partial charge in [-0.25, -0.2) is 4.79 Å². The Balaban J connectivity index is 3.04. The van der Waals surface area contributed by atoms with E-state index in [-0.39, 0.29) is 12.2 Å². The second-order valence-electron chi connectivity index (χ2n) is 3.24. The summed E-state index contributed by atoms with van der Waals surface area (Å²) < 4.78 is 18.1. The van der Waals surface area contributed by atoms with Crippen molar-refractivity contribution in [2.45, 2.75) is 13.3 Å². The van der Waals surface area contributed by atoms with E-state index in [1.165, 1.54) is 18.2 Å². The second-order valence-corrected chi connectivity index (χ2v) is 3.24. The molecule has 0 fully saturated rings. The molecule has 0 aromatic heterocycles. The molecule has 1 aliphatic carbocycles. The SMILES string of the molecule is CCOC(=O)C(F)=C(C#N)C1=CCC(=N)C=C1. The van der Waals surface area contributed by atoms with Crippen molar-refractivity contribution in [1.29, 1.82) is 10.7 Å². The third kappa shape index (κ3) is 3.11. The molecule has 0 unspecified atom stereocenters. The maximum absolute atomic E-state index is 13.6. The van der Waals surface area contributed by atoms with Gasteiger partial charge in [-0.3, -0.25) is 0 Å². The number of ether oxygens (including phenoxy) is 1. The largest absolute Gasteiger partial charge is 0.461 e. The first-order chi connectivity index (χ1) is 8.10. The Morgan fingerprint density at radius 1 is 1.65 bits per heavy atom. The first kappa shape index (κ1) is 12.8. The summed E-state index contributed by atoms with van der Waals surface area (Å²) in [6, 6.07) is 1.64. The lowest BCUT2D eigenvalue weighted by atomic mass is 9.99. The van der Waals surface area contributed by atoms with Gasteiger partial charge in [-0.15, -0.1) is 0 Å². The number of carbonyl (C=O) groups is 1. The minimum Gasteiger partial charge on any atom is -0.461 e. The molecule has 17 heavy (non-hydrogen) atoms. The van der Waals surface area contributed by atoms with Gasteiger partial charge in [0.1, 0.15) is 11.6 Å². The summed E-state index contributed by atoms with van der Waals surface area (Å²) in [7, 11) is 0. The molecule has 1 N–H and O–H groups in total. The molecule has 0 aromatic rings. The molecule has 4 nitrogen and oxygen atoms in total. The van der Waals surface area contributed by atoms with Crippen molar-refractivity contribution in [3.05, 3.63) is 35.2 Å². The average Bonchev–Trinajstić information content (AvgIpc) is 2.32. The van der Waals surface area contributed by atoms with E-state index in [2.05, 4.69) is 4.74 Å². The van der Waals surface area contributed by atoms with Crippen LogP contribution >= 0.6 is 0 Å². The van der Waals surface area contributed by atoms with Gasteiger partial charge in [0.15, 0.2) is 0 Å². The summed E-state index contributed by atoms with van der Waals surface area (Å²) in [5.41, 5.74) is 0.309. The second kappa shape index (κ2) is 5.75. The Bertz CT molecular complexity index is 481. The predicted octanol–water partition coefficient (Wildman–Crippen LogP) is 2.20. The van der Waals surface area contributed by atoms with Crippen LogP contribution in [0.5, 0.6) is 0 Å². The minimum absolute atomic E-state index is 0.0461. The molecule has 1 aliphatic rings. The minimum atomic E-state index is -1.20. The summed E-state index contributed by atoms with van der Waals surface area (Å²) in [4.78, 5) is 11.2. The first-order valence-corrected chi connectivity index (χ1v) is 5.03. The lowest BCUT2D eigenvalue weighted by Gasteiger charge is -2.07. The van der Waals surface area contributed by atoms with Gasteiger partial charge in [0.05, 0.1) is 6.61 Å². The van der Waals surface area contributed by atoms with Crippen LogP contribution in [0.25, 0.3) is 0 Å². The van der Waals surface area contributed by atoms with E-state index in [0.29, 0.717) is 17.7 Å². The Morgan fingerprint density at radius 3 is 2.82 bits per heavy atom. The van der Waals surface area contributed by atoms with Gasteiger partial charge >= 0.3 is 5.97 Å². The summed E-state index contributed by atoms with van der Waals surface area (Å²) in [5, 5.41) is 16.2. The summed E-state index contributed by atoms with van der Waals surface area (Å²) in [6.45, 7) is 1.60. The summed E-state index contributed by atoms with van der Waals surface area (Å²) in [6.07, 6.45) is 4.74. The number of hydrogen-bond donors (Lipinski definition) is 1. The van der Waals surface area contributed by atoms with Gasteiger partial charge in [-0.1, -0.05) is 12.2 Å². The fourth-order valence-corrected chi connectivity index (χ4v) is 1.27. The van der Waals surface area contributed by atoms with Crippen LogP contribution in [0.3, 0.4) is 0 Å². The van der Waals surface area contributed by atoms with Crippen LogP contribution in [-0.2, 0) is 9.53 Å². The fourth-order valence-electron chi connectivity index (χ4n) is 1.27. The van der Waals surface area contributed by atoms with E-state index >= 15 is 0 Å². The first-order valence-electron chi connectivity index (χ1n) is 5.03. The van der Waals surface area contributed by atoms with Crippen molar-refractivity contribution in [2.75, 3.05) is 6.61 Å². The zero-order chi connectivity index (χ0) is 12.8. The van der Waals surface area contributed by atoms with E-state index in [1.807, 2.05) is 0 Å². The number of halogens is 1. The topological polar surface area (TPSA) is 73.9 Å². The molecule has 0 radical (unpaired) electrons. The van der Waals surface area contributed by atoms with Crippen molar-refractivity contribution in [2.24, 2.45) is 0 Å². The van der Waals surface area contributed by atoms with Gasteiger partial charge in [-0.2, -0.15) is 9.65 Å². The molecule has 0 aromatic carbocycles. The van der Waals surface area contributed by atoms with Crippen molar-refractivity contribution < 1.29 is 13.9 Å². The number of nitrogens with zero attached hydrogens (tertiary/aromatic N) is 1. The van der Waals surface area contributed by atoms with Crippen LogP contribution in [0, 0.1) is 16.7 Å². The number of esters is 1. The highest BCUT2D eigenvalue weighted by atomic mass is 19.1. The van der Waals surface area contributed by atoms with E-state index < -0.39 is 11.8 Å². The molecule has 0 atom stereocenters. The Kier molecular flexibility index (Phi) is 4.35. The summed E-state index contributed by atoms with van der Waals surface area (Å²) in [5.74, 6) is -2.34. The maximum atomic E-state index is 13.6. The predicted molar refractivity (Wildman–Crippen MR) is 59.9 cm³/mol. The van der Waals surface area contributed by atoms with Crippen molar-refractivity contribution >= 4 is 11.7 Å². The normalized spacial score (nSPS) is 15.8. The van der Waals surface area contributed by atoms with E-state index in [4.69, 9.17) is 10.7 Å². The van der Waals surface area contributed by atoms with E-state index in [9.17, 15) is 9.18 Å². The van der Waals surface area contributed by atoms with Crippen LogP contribution in [0.2, 0.25) is 0 Å². The molecule has 0 spiro atoms. The number of carbonyl (C=O) groups excluding carboxylic acids is 1. The number of rotatable bonds is 3. The molecule has 0 aliphatic heterocycles. The molecular weight excluding hydrogens is 223 g/mol. The maximum Gasteiger partial charge on any atom is 0.368 e. The highest BCUT2D eigenvalue weighted by Gasteiger charge is 2.19. The zero-order valence-corrected chi connectivity index (χ0v) is 9.29. The molecule has 1 rings (SSSR count). The van der Waals surface area contributed by atoms with Gasteiger partial charge in [0.2, 0.25) is 5.83 Å². The van der Waals surface area contributed by atoms with E-state index in [0.717, 1.165) is 0 Å². The molecule has 0 saturated heterocycles. The lowest BCUT2D eigenvalue weighted by molar-refractivity contribution is -0.140. The van der Waals surface area contributed by atoms with Gasteiger partial charge in [0.25, 0.3) is 0 Å². The van der Waals surface area contributed by atoms with Gasteiger partial charge in [0, 0.05) is 12.1 Å². The quantitative estimate of drug-likeness (QED) is 0.462. The Morgan fingerprint density at radius 2 is 2.35 bits per heavy atom. The molecule has 88 valence electrons. The summed E-state index contributed by atoms with van der Waals surface area (Å²) >= 11 is 0. The third-order valence-electron chi connectivity index (χ3n) is 2.08. The molecule has 0 bridgehead atoms. The molecule has 5 heteroatoms. The molecule has 0 heterocycles. The highest BCUT2D eigenvalue weighted by molar-refractivity contribution is 5.96. The van der Waals surface area contributed by atoms with Crippen LogP contribution < -0.4 is 0 Å². The Hall–Kier alpha value is -2.22. The monoisotopic (exact) mass is 234 g/mol. The number of nitrogens with one attached hydrogen (secondary N) is 1. The van der Waals surface area contributed by atoms with E-state index in [1.54, 1.807) is 13.0 Å². The van der Waals surface area contributed by atoms with Crippen LogP contribution in [0.1, 0.15) is 13.3 Å². The molecule has 0 amide bonds. The highest BCUT2D eigenvalue weighted by Crippen LogP contribution is 2.21. The number of hydrogen-bond acceptors (Lipinski definition) is 4. The zero-order valence-electron chi connectivity index (χ0n) is 9.29. The van der Waals surface area contributed by atoms with Crippen LogP contribution in [0.4, 0.5) is 4.39 Å². The lowest BCUT2D eigenvalue weighted by Crippen LogP contribution is -2.08. The molecular formula is C12H11FN2O2. The van der Waals surface area contributed by atoms with Crippen molar-refractivity contribution in [3.8, 4) is 6.07 Å². The van der Waals surface area contributed by atoms with Crippen LogP contribution in [-0.4, -0.2) is 18.3 Å². The molecule has 0 saturated carbocycles. The fraction of sp³-hybridized carbons (Fsp3) is 0.250. The van der Waals surface area contributed by atoms with Gasteiger partial charge in [-0.05, 0) is 18.6 Å².